The molecule has 7 nitrogen and oxygen atoms in total. The Hall–Kier alpha value is -3.35. The Morgan fingerprint density at radius 1 is 1.11 bits per heavy atom. The first kappa shape index (κ1) is 18.4. The fourth-order valence-electron chi connectivity index (χ4n) is 2.54. The maximum absolute atomic E-state index is 12.7. The molecule has 0 aliphatic carbocycles. The number of carbonyl (C=O) groups is 2. The fourth-order valence-corrected chi connectivity index (χ4v) is 2.54. The zero-order valence-electron chi connectivity index (χ0n) is 15.8. The Balaban J connectivity index is 1.70. The van der Waals surface area contributed by atoms with Crippen LogP contribution in [0.15, 0.2) is 55.0 Å². The number of ether oxygens (including phenoxy) is 1. The predicted octanol–water partition coefficient (Wildman–Crippen LogP) is 3.96. The van der Waals surface area contributed by atoms with Gasteiger partial charge in [0.1, 0.15) is 11.2 Å². The van der Waals surface area contributed by atoms with Crippen molar-refractivity contribution in [2.75, 3.05) is 17.3 Å². The third-order valence-corrected chi connectivity index (χ3v) is 3.84. The van der Waals surface area contributed by atoms with E-state index in [1.807, 2.05) is 28.9 Å². The topological polar surface area (TPSA) is 75.9 Å². The highest BCUT2D eigenvalue weighted by Crippen LogP contribution is 2.18. The Morgan fingerprint density at radius 3 is 2.48 bits per heavy atom. The molecule has 0 spiro atoms. The molecule has 1 aromatic carbocycles. The highest BCUT2D eigenvalue weighted by Gasteiger charge is 2.17. The van der Waals surface area contributed by atoms with Crippen molar-refractivity contribution >= 4 is 29.0 Å². The number of hydrogen-bond donors (Lipinski definition) is 1. The molecule has 0 saturated carbocycles. The lowest BCUT2D eigenvalue weighted by Gasteiger charge is -2.20. The van der Waals surface area contributed by atoms with E-state index in [0.29, 0.717) is 11.3 Å². The normalized spacial score (nSPS) is 11.3. The van der Waals surface area contributed by atoms with E-state index in [9.17, 15) is 9.59 Å². The van der Waals surface area contributed by atoms with E-state index in [2.05, 4.69) is 10.3 Å². The minimum absolute atomic E-state index is 0.154. The Bertz CT molecular complexity index is 971. The highest BCUT2D eigenvalue weighted by atomic mass is 16.6. The maximum Gasteiger partial charge on any atom is 0.412 e. The van der Waals surface area contributed by atoms with Gasteiger partial charge in [-0.05, 0) is 57.2 Å². The zero-order chi connectivity index (χ0) is 19.6. The van der Waals surface area contributed by atoms with Crippen LogP contribution in [-0.2, 0) is 4.74 Å². The van der Waals surface area contributed by atoms with Crippen LogP contribution in [0, 0.1) is 0 Å². The first-order chi connectivity index (χ1) is 12.7. The number of benzene rings is 1. The smallest absolute Gasteiger partial charge is 0.412 e. The summed E-state index contributed by atoms with van der Waals surface area (Å²) in [7, 11) is 1.72. The van der Waals surface area contributed by atoms with Crippen molar-refractivity contribution in [1.82, 2.24) is 9.38 Å². The van der Waals surface area contributed by atoms with E-state index in [0.717, 1.165) is 11.3 Å². The van der Waals surface area contributed by atoms with Crippen molar-refractivity contribution in [3.8, 4) is 0 Å². The third-order valence-electron chi connectivity index (χ3n) is 3.84. The number of nitrogens with zero attached hydrogens (tertiary/aromatic N) is 3. The van der Waals surface area contributed by atoms with Crippen LogP contribution in [0.1, 0.15) is 31.1 Å². The summed E-state index contributed by atoms with van der Waals surface area (Å²) < 4.78 is 7.07. The Morgan fingerprint density at radius 2 is 1.81 bits per heavy atom. The van der Waals surface area contributed by atoms with Crippen molar-refractivity contribution in [2.45, 2.75) is 26.4 Å². The molecule has 7 heteroatoms. The van der Waals surface area contributed by atoms with Crippen LogP contribution in [0.4, 0.5) is 16.2 Å². The van der Waals surface area contributed by atoms with Gasteiger partial charge in [-0.1, -0.05) is 0 Å². The number of nitrogens with one attached hydrogen (secondary N) is 1. The van der Waals surface area contributed by atoms with Gasteiger partial charge in [0.15, 0.2) is 0 Å². The Kier molecular flexibility index (Phi) is 4.85. The van der Waals surface area contributed by atoms with Crippen LogP contribution in [0.5, 0.6) is 0 Å². The van der Waals surface area contributed by atoms with Crippen LogP contribution in [0.3, 0.4) is 0 Å². The molecule has 0 fully saturated rings. The van der Waals surface area contributed by atoms with E-state index in [-0.39, 0.29) is 5.91 Å². The van der Waals surface area contributed by atoms with Gasteiger partial charge in [0.2, 0.25) is 0 Å². The summed E-state index contributed by atoms with van der Waals surface area (Å²) in [4.78, 5) is 30.3. The minimum atomic E-state index is -0.570. The summed E-state index contributed by atoms with van der Waals surface area (Å²) in [6, 6.07) is 10.4. The Labute approximate surface area is 157 Å². The second kappa shape index (κ2) is 7.11. The average molecular weight is 366 g/mol. The first-order valence-electron chi connectivity index (χ1n) is 8.54. The van der Waals surface area contributed by atoms with Crippen molar-refractivity contribution in [2.24, 2.45) is 0 Å². The van der Waals surface area contributed by atoms with Gasteiger partial charge in [0.25, 0.3) is 5.91 Å². The van der Waals surface area contributed by atoms with Gasteiger partial charge in [0.05, 0.1) is 5.69 Å². The lowest BCUT2D eigenvalue weighted by Crippen LogP contribution is -2.27. The lowest BCUT2D eigenvalue weighted by atomic mass is 10.1. The summed E-state index contributed by atoms with van der Waals surface area (Å²) in [5.41, 5.74) is 2.07. The van der Waals surface area contributed by atoms with Crippen molar-refractivity contribution in [1.29, 1.82) is 0 Å². The van der Waals surface area contributed by atoms with Crippen LogP contribution in [0.25, 0.3) is 5.65 Å². The summed E-state index contributed by atoms with van der Waals surface area (Å²) in [6.45, 7) is 5.39. The van der Waals surface area contributed by atoms with Gasteiger partial charge < -0.3 is 14.0 Å². The summed E-state index contributed by atoms with van der Waals surface area (Å²) in [5, 5.41) is 2.65. The molecule has 0 aliphatic heterocycles. The van der Waals surface area contributed by atoms with Crippen LogP contribution in [0.2, 0.25) is 0 Å². The molecule has 0 radical (unpaired) electrons. The van der Waals surface area contributed by atoms with Gasteiger partial charge in [-0.15, -0.1) is 0 Å². The molecule has 0 atom stereocenters. The quantitative estimate of drug-likeness (QED) is 0.761. The third kappa shape index (κ3) is 4.44. The monoisotopic (exact) mass is 366 g/mol. The van der Waals surface area contributed by atoms with E-state index in [1.54, 1.807) is 63.2 Å². The van der Waals surface area contributed by atoms with E-state index >= 15 is 0 Å². The minimum Gasteiger partial charge on any atom is -0.444 e. The van der Waals surface area contributed by atoms with E-state index in [1.165, 1.54) is 0 Å². The predicted molar refractivity (Wildman–Crippen MR) is 104 cm³/mol. The first-order valence-corrected chi connectivity index (χ1v) is 8.54. The zero-order valence-corrected chi connectivity index (χ0v) is 15.8. The van der Waals surface area contributed by atoms with Crippen molar-refractivity contribution in [3.05, 3.63) is 60.6 Å². The molecule has 3 rings (SSSR count). The van der Waals surface area contributed by atoms with E-state index in [4.69, 9.17) is 4.74 Å². The molecule has 27 heavy (non-hydrogen) atoms. The fraction of sp³-hybridized carbons (Fsp3) is 0.250. The van der Waals surface area contributed by atoms with E-state index < -0.39 is 11.7 Å². The van der Waals surface area contributed by atoms with Crippen LogP contribution >= 0.6 is 0 Å². The molecule has 0 unspecified atom stereocenters. The summed E-state index contributed by atoms with van der Waals surface area (Å²) >= 11 is 0. The van der Waals surface area contributed by atoms with Gasteiger partial charge in [-0.3, -0.25) is 10.1 Å². The number of fused-ring (bicyclic) bond motifs is 1. The second-order valence-corrected chi connectivity index (χ2v) is 7.15. The number of carbonyl (C=O) groups excluding carboxylic acids is 2. The molecule has 0 aliphatic rings. The molecule has 3 aromatic rings. The average Bonchev–Trinajstić information content (AvgIpc) is 3.07. The van der Waals surface area contributed by atoms with Crippen molar-refractivity contribution < 1.29 is 14.3 Å². The van der Waals surface area contributed by atoms with Gasteiger partial charge in [-0.2, -0.15) is 0 Å². The maximum atomic E-state index is 12.7. The summed E-state index contributed by atoms with van der Waals surface area (Å²) in [5.74, 6) is -0.154. The van der Waals surface area contributed by atoms with Crippen molar-refractivity contribution in [3.63, 3.8) is 0 Å². The summed E-state index contributed by atoms with van der Waals surface area (Å²) in [6.07, 6.45) is 4.84. The van der Waals surface area contributed by atoms with Gasteiger partial charge in [0, 0.05) is 36.9 Å². The second-order valence-electron chi connectivity index (χ2n) is 7.15. The largest absolute Gasteiger partial charge is 0.444 e. The molecule has 1 N–H and O–H groups in total. The lowest BCUT2D eigenvalue weighted by molar-refractivity contribution is 0.0636. The molecule has 2 heterocycles. The SMILES string of the molecule is CN(C(=O)c1ccc(NC(=O)OC(C)(C)C)cc1)c1ccc2nccn2c1. The number of anilines is 2. The molecular formula is C20H22N4O3. The molecule has 2 amide bonds. The molecule has 140 valence electrons. The van der Waals surface area contributed by atoms with Gasteiger partial charge >= 0.3 is 6.09 Å². The number of amides is 2. The number of rotatable bonds is 3. The highest BCUT2D eigenvalue weighted by molar-refractivity contribution is 6.06. The standard InChI is InChI=1S/C20H22N4O3/c1-20(2,3)27-19(26)22-15-7-5-14(6-8-15)18(25)23(4)16-9-10-17-21-11-12-24(17)13-16/h5-13H,1-4H3,(H,22,26). The van der Waals surface area contributed by atoms with Crippen LogP contribution in [-0.4, -0.2) is 34.0 Å². The van der Waals surface area contributed by atoms with Crippen LogP contribution < -0.4 is 10.2 Å². The van der Waals surface area contributed by atoms with Gasteiger partial charge in [-0.25, -0.2) is 9.78 Å². The number of pyridine rings is 1. The number of imidazole rings is 1. The molecule has 0 bridgehead atoms. The molecule has 0 saturated heterocycles. The molecular weight excluding hydrogens is 344 g/mol. The number of hydrogen-bond acceptors (Lipinski definition) is 4. The molecule has 2 aromatic heterocycles. The number of aromatic nitrogens is 2.